The number of hydrogen-bond donors (Lipinski definition) is 3. The molecule has 0 heterocycles. The van der Waals surface area contributed by atoms with Crippen molar-refractivity contribution in [1.29, 1.82) is 0 Å². The van der Waals surface area contributed by atoms with E-state index < -0.39 is 36.5 Å². The Morgan fingerprint density at radius 3 is 2.06 bits per heavy atom. The number of carbonyl (C=O) groups excluding carboxylic acids is 3. The maximum atomic E-state index is 13.2. The Hall–Kier alpha value is -4.14. The highest BCUT2D eigenvalue weighted by molar-refractivity contribution is 6.03. The lowest BCUT2D eigenvalue weighted by atomic mass is 10.0. The van der Waals surface area contributed by atoms with E-state index >= 15 is 0 Å². The summed E-state index contributed by atoms with van der Waals surface area (Å²) in [4.78, 5) is 38.0. The van der Waals surface area contributed by atoms with E-state index in [9.17, 15) is 27.6 Å². The third-order valence-corrected chi connectivity index (χ3v) is 4.91. The molecule has 0 bridgehead atoms. The molecule has 0 aliphatic heterocycles. The van der Waals surface area contributed by atoms with Gasteiger partial charge in [0.15, 0.2) is 0 Å². The number of hydrogen-bond acceptors (Lipinski definition) is 3. The molecule has 1 atom stereocenters. The maximum Gasteiger partial charge on any atom is 0.405 e. The first-order chi connectivity index (χ1) is 16.1. The lowest BCUT2D eigenvalue weighted by Gasteiger charge is -2.20. The van der Waals surface area contributed by atoms with E-state index in [4.69, 9.17) is 0 Å². The molecule has 3 aromatic carbocycles. The van der Waals surface area contributed by atoms with Gasteiger partial charge >= 0.3 is 6.18 Å². The Balaban J connectivity index is 1.82. The number of alkyl halides is 3. The summed E-state index contributed by atoms with van der Waals surface area (Å²) in [7, 11) is 0. The van der Waals surface area contributed by atoms with Crippen molar-refractivity contribution in [2.75, 3.05) is 11.9 Å². The van der Waals surface area contributed by atoms with Crippen molar-refractivity contribution in [2.24, 2.45) is 0 Å². The summed E-state index contributed by atoms with van der Waals surface area (Å²) in [6.07, 6.45) is -4.54. The molecule has 3 amide bonds. The van der Waals surface area contributed by atoms with E-state index in [1.165, 1.54) is 18.2 Å². The highest BCUT2D eigenvalue weighted by Gasteiger charge is 2.28. The minimum atomic E-state index is -4.54. The average molecular weight is 469 g/mol. The Labute approximate surface area is 194 Å². The van der Waals surface area contributed by atoms with Gasteiger partial charge in [-0.1, -0.05) is 54.6 Å². The Morgan fingerprint density at radius 2 is 1.44 bits per heavy atom. The van der Waals surface area contributed by atoms with Gasteiger partial charge in [-0.2, -0.15) is 13.2 Å². The normalized spacial score (nSPS) is 11.9. The topological polar surface area (TPSA) is 87.3 Å². The maximum absolute atomic E-state index is 13.2. The molecular formula is C25H22F3N3O3. The monoisotopic (exact) mass is 469 g/mol. The molecule has 3 rings (SSSR count). The fourth-order valence-corrected chi connectivity index (χ4v) is 3.14. The molecule has 0 unspecified atom stereocenters. The summed E-state index contributed by atoms with van der Waals surface area (Å²) in [6, 6.07) is 20.1. The second-order valence-electron chi connectivity index (χ2n) is 7.50. The van der Waals surface area contributed by atoms with Gasteiger partial charge in [0, 0.05) is 16.8 Å². The van der Waals surface area contributed by atoms with Gasteiger partial charge in [0.2, 0.25) is 0 Å². The Kier molecular flexibility index (Phi) is 7.68. The second kappa shape index (κ2) is 10.7. The summed E-state index contributed by atoms with van der Waals surface area (Å²) in [6.45, 7) is 0.204. The van der Waals surface area contributed by atoms with E-state index in [1.54, 1.807) is 72.9 Å². The third kappa shape index (κ3) is 6.68. The van der Waals surface area contributed by atoms with Gasteiger partial charge in [-0.25, -0.2) is 0 Å². The van der Waals surface area contributed by atoms with Gasteiger partial charge in [-0.3, -0.25) is 14.4 Å². The molecule has 3 aromatic rings. The molecule has 0 saturated heterocycles. The standard InChI is InChI=1S/C25H22F3N3O3/c1-16-12-13-19(22(32)29-15-25(26,27)28)14-20(16)30-24(34)21(17-8-4-2-5-9-17)31-23(33)18-10-6-3-7-11-18/h2-14,21H,15H2,1H3,(H,29,32)(H,30,34)(H,31,33)/t21-/m0/s1. The molecule has 6 nitrogen and oxygen atoms in total. The van der Waals surface area contributed by atoms with Crippen LogP contribution in [0.1, 0.15) is 37.9 Å². The molecule has 0 fully saturated rings. The van der Waals surface area contributed by atoms with E-state index in [0.29, 0.717) is 16.7 Å². The van der Waals surface area contributed by atoms with Gasteiger partial charge in [-0.15, -0.1) is 0 Å². The van der Waals surface area contributed by atoms with Crippen LogP contribution in [0.5, 0.6) is 0 Å². The molecule has 0 aliphatic carbocycles. The first-order valence-electron chi connectivity index (χ1n) is 10.3. The van der Waals surface area contributed by atoms with Crippen molar-refractivity contribution in [3.8, 4) is 0 Å². The van der Waals surface area contributed by atoms with Gasteiger partial charge in [0.1, 0.15) is 12.6 Å². The van der Waals surface area contributed by atoms with Crippen LogP contribution in [0, 0.1) is 6.92 Å². The predicted octanol–water partition coefficient (Wildman–Crippen LogP) is 4.40. The summed E-state index contributed by atoms with van der Waals surface area (Å²) in [5.74, 6) is -1.96. The first kappa shape index (κ1) is 24.5. The summed E-state index contributed by atoms with van der Waals surface area (Å²) in [5.41, 5.74) is 1.67. The Bertz CT molecular complexity index is 1170. The number of amides is 3. The van der Waals surface area contributed by atoms with Gasteiger partial charge < -0.3 is 16.0 Å². The number of aryl methyl sites for hydroxylation is 1. The highest BCUT2D eigenvalue weighted by Crippen LogP contribution is 2.21. The van der Waals surface area contributed by atoms with Crippen LogP contribution in [-0.2, 0) is 4.79 Å². The van der Waals surface area contributed by atoms with Gasteiger partial charge in [0.05, 0.1) is 0 Å². The largest absolute Gasteiger partial charge is 0.405 e. The SMILES string of the molecule is Cc1ccc(C(=O)NCC(F)(F)F)cc1NC(=O)[C@@H](NC(=O)c1ccccc1)c1ccccc1. The fourth-order valence-electron chi connectivity index (χ4n) is 3.14. The average Bonchev–Trinajstić information content (AvgIpc) is 2.82. The zero-order chi connectivity index (χ0) is 24.7. The van der Waals surface area contributed by atoms with Crippen LogP contribution in [0.15, 0.2) is 78.9 Å². The molecule has 0 spiro atoms. The number of anilines is 1. The molecule has 0 aliphatic rings. The van der Waals surface area contributed by atoms with Crippen LogP contribution < -0.4 is 16.0 Å². The van der Waals surface area contributed by atoms with Crippen LogP contribution >= 0.6 is 0 Å². The van der Waals surface area contributed by atoms with Crippen molar-refractivity contribution >= 4 is 23.4 Å². The van der Waals surface area contributed by atoms with Gasteiger partial charge in [-0.05, 0) is 42.3 Å². The summed E-state index contributed by atoms with van der Waals surface area (Å²) >= 11 is 0. The second-order valence-corrected chi connectivity index (χ2v) is 7.50. The highest BCUT2D eigenvalue weighted by atomic mass is 19.4. The van der Waals surface area contributed by atoms with E-state index in [0.717, 1.165) is 0 Å². The first-order valence-corrected chi connectivity index (χ1v) is 10.3. The molecule has 0 aromatic heterocycles. The smallest absolute Gasteiger partial charge is 0.343 e. The summed E-state index contributed by atoms with van der Waals surface area (Å²) in [5, 5.41) is 7.18. The number of benzene rings is 3. The Morgan fingerprint density at radius 1 is 0.824 bits per heavy atom. The molecule has 34 heavy (non-hydrogen) atoms. The number of rotatable bonds is 7. The molecule has 0 radical (unpaired) electrons. The van der Waals surface area contributed by atoms with Crippen molar-refractivity contribution in [2.45, 2.75) is 19.1 Å². The molecule has 176 valence electrons. The molecule has 3 N–H and O–H groups in total. The lowest BCUT2D eigenvalue weighted by Crippen LogP contribution is -2.37. The van der Waals surface area contributed by atoms with Crippen molar-refractivity contribution in [3.63, 3.8) is 0 Å². The quantitative estimate of drug-likeness (QED) is 0.480. The van der Waals surface area contributed by atoms with Crippen LogP contribution in [0.3, 0.4) is 0 Å². The predicted molar refractivity (Wildman–Crippen MR) is 121 cm³/mol. The fraction of sp³-hybridized carbons (Fsp3) is 0.160. The zero-order valence-corrected chi connectivity index (χ0v) is 18.1. The molecule has 0 saturated carbocycles. The van der Waals surface area contributed by atoms with Crippen LogP contribution in [0.4, 0.5) is 18.9 Å². The molecule has 9 heteroatoms. The van der Waals surface area contributed by atoms with E-state index in [-0.39, 0.29) is 11.3 Å². The van der Waals surface area contributed by atoms with E-state index in [1.807, 2.05) is 0 Å². The van der Waals surface area contributed by atoms with Crippen LogP contribution in [0.2, 0.25) is 0 Å². The van der Waals surface area contributed by atoms with Gasteiger partial charge in [0.25, 0.3) is 17.7 Å². The summed E-state index contributed by atoms with van der Waals surface area (Å²) < 4.78 is 37.3. The van der Waals surface area contributed by atoms with Crippen molar-refractivity contribution in [3.05, 3.63) is 101 Å². The number of carbonyl (C=O) groups is 3. The third-order valence-electron chi connectivity index (χ3n) is 4.91. The minimum absolute atomic E-state index is 0.0465. The molecular weight excluding hydrogens is 447 g/mol. The van der Waals surface area contributed by atoms with Crippen molar-refractivity contribution < 1.29 is 27.6 Å². The van der Waals surface area contributed by atoms with E-state index in [2.05, 4.69) is 10.6 Å². The number of halogens is 3. The lowest BCUT2D eigenvalue weighted by molar-refractivity contribution is -0.123. The number of nitrogens with one attached hydrogen (secondary N) is 3. The van der Waals surface area contributed by atoms with Crippen LogP contribution in [0.25, 0.3) is 0 Å². The minimum Gasteiger partial charge on any atom is -0.343 e. The van der Waals surface area contributed by atoms with Crippen LogP contribution in [-0.4, -0.2) is 30.4 Å². The van der Waals surface area contributed by atoms with Crippen molar-refractivity contribution in [1.82, 2.24) is 10.6 Å². The zero-order valence-electron chi connectivity index (χ0n) is 18.1.